The number of hydrogen-bond acceptors (Lipinski definition) is 3. The van der Waals surface area contributed by atoms with Crippen LogP contribution in [-0.2, 0) is 16.1 Å². The van der Waals surface area contributed by atoms with Crippen molar-refractivity contribution < 1.29 is 14.3 Å². The van der Waals surface area contributed by atoms with Gasteiger partial charge in [-0.15, -0.1) is 0 Å². The van der Waals surface area contributed by atoms with Crippen LogP contribution >= 0.6 is 11.6 Å². The average Bonchev–Trinajstić information content (AvgIpc) is 2.76. The monoisotopic (exact) mass is 444 g/mol. The molecule has 0 heterocycles. The molecule has 6 heteroatoms. The topological polar surface area (TPSA) is 58.6 Å². The largest absolute Gasteiger partial charge is 0.494 e. The van der Waals surface area contributed by atoms with E-state index in [1.54, 1.807) is 17.9 Å². The van der Waals surface area contributed by atoms with Gasteiger partial charge in [-0.25, -0.2) is 0 Å². The van der Waals surface area contributed by atoms with Crippen LogP contribution in [0, 0.1) is 6.92 Å². The lowest BCUT2D eigenvalue weighted by Gasteiger charge is -2.30. The summed E-state index contributed by atoms with van der Waals surface area (Å²) in [5.74, 6) is 0.525. The van der Waals surface area contributed by atoms with Crippen molar-refractivity contribution in [1.29, 1.82) is 0 Å². The first-order valence-corrected chi connectivity index (χ1v) is 11.2. The molecule has 0 aliphatic heterocycles. The molecule has 2 rings (SSSR count). The van der Waals surface area contributed by atoms with Gasteiger partial charge >= 0.3 is 0 Å². The Hall–Kier alpha value is -2.53. The number of amides is 2. The van der Waals surface area contributed by atoms with Crippen LogP contribution in [0.25, 0.3) is 0 Å². The molecule has 0 saturated carbocycles. The number of nitrogens with one attached hydrogen (secondary N) is 1. The number of carbonyl (C=O) groups excluding carboxylic acids is 2. The number of nitrogens with zero attached hydrogens (tertiary/aromatic N) is 1. The lowest BCUT2D eigenvalue weighted by molar-refractivity contribution is -0.141. The summed E-state index contributed by atoms with van der Waals surface area (Å²) in [6.45, 7) is 8.46. The first-order chi connectivity index (χ1) is 14.8. The molecule has 0 bridgehead atoms. The van der Waals surface area contributed by atoms with Crippen LogP contribution in [0.5, 0.6) is 5.75 Å². The van der Waals surface area contributed by atoms with E-state index in [9.17, 15) is 9.59 Å². The molecule has 168 valence electrons. The van der Waals surface area contributed by atoms with Crippen LogP contribution < -0.4 is 10.1 Å². The van der Waals surface area contributed by atoms with E-state index in [2.05, 4.69) is 5.32 Å². The Labute approximate surface area is 190 Å². The number of rotatable bonds is 11. The number of carbonyl (C=O) groups is 2. The zero-order chi connectivity index (χ0) is 22.8. The normalized spacial score (nSPS) is 12.7. The zero-order valence-corrected chi connectivity index (χ0v) is 19.6. The van der Waals surface area contributed by atoms with Crippen LogP contribution in [0.15, 0.2) is 48.5 Å². The molecule has 0 aromatic heterocycles. The third kappa shape index (κ3) is 7.91. The van der Waals surface area contributed by atoms with Crippen molar-refractivity contribution >= 4 is 23.4 Å². The van der Waals surface area contributed by atoms with Crippen LogP contribution in [-0.4, -0.2) is 35.4 Å². The molecule has 1 N–H and O–H groups in total. The highest BCUT2D eigenvalue weighted by Crippen LogP contribution is 2.20. The molecule has 0 saturated heterocycles. The molecule has 2 aromatic carbocycles. The number of hydrogen-bond donors (Lipinski definition) is 1. The number of benzene rings is 2. The summed E-state index contributed by atoms with van der Waals surface area (Å²) in [5, 5.41) is 3.55. The van der Waals surface area contributed by atoms with Gasteiger partial charge in [0.15, 0.2) is 0 Å². The Morgan fingerprint density at radius 1 is 1.10 bits per heavy atom. The zero-order valence-electron chi connectivity index (χ0n) is 18.9. The Morgan fingerprint density at radius 2 is 1.77 bits per heavy atom. The minimum Gasteiger partial charge on any atom is -0.494 e. The Morgan fingerprint density at radius 3 is 2.42 bits per heavy atom. The van der Waals surface area contributed by atoms with Gasteiger partial charge in [-0.3, -0.25) is 9.59 Å². The third-order valence-electron chi connectivity index (χ3n) is 5.29. The van der Waals surface area contributed by atoms with E-state index >= 15 is 0 Å². The van der Waals surface area contributed by atoms with Crippen LogP contribution in [0.3, 0.4) is 0 Å². The van der Waals surface area contributed by atoms with E-state index < -0.39 is 6.04 Å². The fourth-order valence-corrected chi connectivity index (χ4v) is 3.25. The molecular weight excluding hydrogens is 412 g/mol. The van der Waals surface area contributed by atoms with Crippen molar-refractivity contribution in [2.45, 2.75) is 65.6 Å². The summed E-state index contributed by atoms with van der Waals surface area (Å²) in [4.78, 5) is 27.4. The average molecular weight is 445 g/mol. The fraction of sp³-hybridized carbons (Fsp3) is 0.440. The molecule has 0 aliphatic carbocycles. The van der Waals surface area contributed by atoms with Gasteiger partial charge in [0.25, 0.3) is 0 Å². The molecule has 0 aliphatic rings. The van der Waals surface area contributed by atoms with E-state index in [4.69, 9.17) is 16.3 Å². The highest BCUT2D eigenvalue weighted by molar-refractivity contribution is 6.31. The van der Waals surface area contributed by atoms with E-state index in [1.807, 2.05) is 63.2 Å². The van der Waals surface area contributed by atoms with Crippen LogP contribution in [0.4, 0.5) is 0 Å². The minimum atomic E-state index is -0.601. The Balaban J connectivity index is 2.01. The van der Waals surface area contributed by atoms with Crippen LogP contribution in [0.1, 0.15) is 51.2 Å². The van der Waals surface area contributed by atoms with E-state index in [1.165, 1.54) is 5.56 Å². The van der Waals surface area contributed by atoms with E-state index in [0.29, 0.717) is 18.1 Å². The van der Waals surface area contributed by atoms with E-state index in [0.717, 1.165) is 17.7 Å². The lowest BCUT2D eigenvalue weighted by atomic mass is 10.1. The molecule has 5 nitrogen and oxygen atoms in total. The summed E-state index contributed by atoms with van der Waals surface area (Å²) in [5.41, 5.74) is 1.99. The van der Waals surface area contributed by atoms with Gasteiger partial charge < -0.3 is 15.0 Å². The molecule has 0 fully saturated rings. The van der Waals surface area contributed by atoms with Gasteiger partial charge in [-0.2, -0.15) is 0 Å². The quantitative estimate of drug-likeness (QED) is 0.488. The number of halogens is 1. The van der Waals surface area contributed by atoms with Gasteiger partial charge in [0.1, 0.15) is 11.8 Å². The lowest BCUT2D eigenvalue weighted by Crippen LogP contribution is -2.49. The van der Waals surface area contributed by atoms with Crippen molar-refractivity contribution in [1.82, 2.24) is 10.2 Å². The van der Waals surface area contributed by atoms with Gasteiger partial charge in [-0.1, -0.05) is 54.4 Å². The maximum Gasteiger partial charge on any atom is 0.242 e. The molecule has 0 unspecified atom stereocenters. The molecule has 2 amide bonds. The van der Waals surface area contributed by atoms with Crippen molar-refractivity contribution in [3.05, 3.63) is 64.7 Å². The van der Waals surface area contributed by atoms with Crippen molar-refractivity contribution in [2.75, 3.05) is 6.61 Å². The van der Waals surface area contributed by atoms with Gasteiger partial charge in [0.05, 0.1) is 6.61 Å². The maximum atomic E-state index is 13.1. The van der Waals surface area contributed by atoms with Crippen LogP contribution in [0.2, 0.25) is 5.02 Å². The number of aryl methyl sites for hydroxylation is 1. The molecular formula is C25H33ClN2O3. The second-order valence-corrected chi connectivity index (χ2v) is 8.28. The fourth-order valence-electron chi connectivity index (χ4n) is 3.05. The summed E-state index contributed by atoms with van der Waals surface area (Å²) in [6.07, 6.45) is 1.68. The first-order valence-electron chi connectivity index (χ1n) is 10.8. The predicted octanol–water partition coefficient (Wildman–Crippen LogP) is 5.14. The SMILES string of the molecule is CC[C@H](C)NC(=O)[C@H](C)N(Cc1ccccc1Cl)C(=O)CCCOc1ccc(C)cc1. The maximum absolute atomic E-state index is 13.1. The minimum absolute atomic E-state index is 0.0510. The van der Waals surface area contributed by atoms with Crippen molar-refractivity contribution in [3.8, 4) is 5.75 Å². The standard InChI is InChI=1S/C25H33ClN2O3/c1-5-19(3)27-25(30)20(4)28(17-21-9-6-7-10-23(21)26)24(29)11-8-16-31-22-14-12-18(2)13-15-22/h6-7,9-10,12-15,19-20H,5,8,11,16-17H2,1-4H3,(H,27,30)/t19-,20-/m0/s1. The highest BCUT2D eigenvalue weighted by Gasteiger charge is 2.27. The van der Waals surface area contributed by atoms with Gasteiger partial charge in [0, 0.05) is 24.0 Å². The third-order valence-corrected chi connectivity index (χ3v) is 5.66. The molecule has 0 radical (unpaired) electrons. The predicted molar refractivity (Wildman–Crippen MR) is 125 cm³/mol. The summed E-state index contributed by atoms with van der Waals surface area (Å²) in [7, 11) is 0. The summed E-state index contributed by atoms with van der Waals surface area (Å²) >= 11 is 6.31. The summed E-state index contributed by atoms with van der Waals surface area (Å²) in [6, 6.07) is 14.7. The van der Waals surface area contributed by atoms with Gasteiger partial charge in [0.2, 0.25) is 11.8 Å². The highest BCUT2D eigenvalue weighted by atomic mass is 35.5. The Bertz CT molecular complexity index is 854. The smallest absolute Gasteiger partial charge is 0.242 e. The summed E-state index contributed by atoms with van der Waals surface area (Å²) < 4.78 is 5.73. The second-order valence-electron chi connectivity index (χ2n) is 7.87. The first kappa shape index (κ1) is 24.7. The van der Waals surface area contributed by atoms with Crippen molar-refractivity contribution in [3.63, 3.8) is 0 Å². The molecule has 2 aromatic rings. The molecule has 0 spiro atoms. The van der Waals surface area contributed by atoms with Crippen molar-refractivity contribution in [2.24, 2.45) is 0 Å². The molecule has 31 heavy (non-hydrogen) atoms. The van der Waals surface area contributed by atoms with E-state index in [-0.39, 0.29) is 30.8 Å². The van der Waals surface area contributed by atoms with Gasteiger partial charge in [-0.05, 0) is 57.4 Å². The molecule has 2 atom stereocenters. The number of ether oxygens (including phenoxy) is 1. The Kier molecular flexibility index (Phi) is 9.86. The second kappa shape index (κ2) is 12.4.